The van der Waals surface area contributed by atoms with E-state index < -0.39 is 5.97 Å². The molecule has 0 bridgehead atoms. The molecule has 0 saturated heterocycles. The number of rotatable bonds is 3. The van der Waals surface area contributed by atoms with Gasteiger partial charge in [-0.15, -0.1) is 0 Å². The van der Waals surface area contributed by atoms with Gasteiger partial charge in [0.05, 0.1) is 0 Å². The molecule has 0 aromatic heterocycles. The molecular weight excluding hydrogens is 175 g/mol. The van der Waals surface area contributed by atoms with Gasteiger partial charge < -0.3 is 9.90 Å². The van der Waals surface area contributed by atoms with Gasteiger partial charge >= 0.3 is 29.6 Å². The fourth-order valence-electron chi connectivity index (χ4n) is 1.13. The summed E-state index contributed by atoms with van der Waals surface area (Å²) in [7, 11) is 0. The maximum absolute atomic E-state index is 10.2. The van der Waals surface area contributed by atoms with Crippen molar-refractivity contribution in [2.45, 2.75) is 19.8 Å². The zero-order valence-corrected chi connectivity index (χ0v) is 10.0. The third-order valence-corrected chi connectivity index (χ3v) is 1.86. The van der Waals surface area contributed by atoms with Gasteiger partial charge in [0.25, 0.3) is 0 Å². The zero-order chi connectivity index (χ0) is 8.97. The van der Waals surface area contributed by atoms with Crippen LogP contribution in [0.4, 0.5) is 0 Å². The summed E-state index contributed by atoms with van der Waals surface area (Å²) in [6.07, 6.45) is 0.667. The number of hydrogen-bond donors (Lipinski definition) is 0. The van der Waals surface area contributed by atoms with Crippen LogP contribution in [0.5, 0.6) is 0 Å². The van der Waals surface area contributed by atoms with E-state index in [1.54, 1.807) is 0 Å². The second-order valence-corrected chi connectivity index (χ2v) is 2.80. The van der Waals surface area contributed by atoms with Crippen LogP contribution in [0.3, 0.4) is 0 Å². The molecule has 0 amide bonds. The second kappa shape index (κ2) is 6.19. The number of carboxylic acids is 1. The van der Waals surface area contributed by atoms with Crippen molar-refractivity contribution in [3.8, 4) is 0 Å². The van der Waals surface area contributed by atoms with E-state index in [0.29, 0.717) is 6.42 Å². The zero-order valence-electron chi connectivity index (χ0n) is 8.04. The summed E-state index contributed by atoms with van der Waals surface area (Å²) >= 11 is 0. The van der Waals surface area contributed by atoms with Crippen LogP contribution >= 0.6 is 0 Å². The smallest absolute Gasteiger partial charge is 0.550 e. The molecule has 0 atom stereocenters. The van der Waals surface area contributed by atoms with E-state index in [-0.39, 0.29) is 36.0 Å². The van der Waals surface area contributed by atoms with Crippen molar-refractivity contribution in [3.05, 3.63) is 35.4 Å². The number of carbonyl (C=O) groups is 1. The van der Waals surface area contributed by atoms with Crippen molar-refractivity contribution in [1.82, 2.24) is 0 Å². The Morgan fingerprint density at radius 3 is 2.54 bits per heavy atom. The molecule has 1 aromatic carbocycles. The van der Waals surface area contributed by atoms with Crippen LogP contribution in [-0.4, -0.2) is 5.97 Å². The Bertz CT molecular complexity index is 284. The molecule has 1 rings (SSSR count). The van der Waals surface area contributed by atoms with Crippen molar-refractivity contribution in [2.24, 2.45) is 0 Å². The van der Waals surface area contributed by atoms with E-state index in [9.17, 15) is 9.90 Å². The van der Waals surface area contributed by atoms with Gasteiger partial charge in [0.1, 0.15) is 0 Å². The van der Waals surface area contributed by atoms with Gasteiger partial charge in [-0.25, -0.2) is 0 Å². The topological polar surface area (TPSA) is 40.1 Å². The first-order valence-corrected chi connectivity index (χ1v) is 3.94. The minimum Gasteiger partial charge on any atom is -0.550 e. The first kappa shape index (κ1) is 12.7. The van der Waals surface area contributed by atoms with Crippen LogP contribution in [0, 0.1) is 6.92 Å². The van der Waals surface area contributed by atoms with Crippen LogP contribution in [0.25, 0.3) is 0 Å². The molecule has 64 valence electrons. The number of benzene rings is 1. The number of carboxylic acid groups (broad SMARTS) is 1. The predicted molar refractivity (Wildman–Crippen MR) is 44.5 cm³/mol. The van der Waals surface area contributed by atoms with Crippen LogP contribution in [0.2, 0.25) is 0 Å². The third kappa shape index (κ3) is 4.46. The Kier molecular flexibility index (Phi) is 6.04. The SMILES string of the molecule is Cc1ccccc1CCC(=O)[O-].[Na+]. The Morgan fingerprint density at radius 1 is 1.38 bits per heavy atom. The summed E-state index contributed by atoms with van der Waals surface area (Å²) in [6, 6.07) is 7.78. The van der Waals surface area contributed by atoms with Crippen LogP contribution < -0.4 is 34.7 Å². The van der Waals surface area contributed by atoms with E-state index in [1.807, 2.05) is 31.2 Å². The monoisotopic (exact) mass is 186 g/mol. The molecule has 0 radical (unpaired) electrons. The molecule has 1 aromatic rings. The van der Waals surface area contributed by atoms with E-state index in [4.69, 9.17) is 0 Å². The predicted octanol–water partition coefficient (Wildman–Crippen LogP) is -2.32. The fourth-order valence-corrected chi connectivity index (χ4v) is 1.13. The molecule has 0 aliphatic heterocycles. The van der Waals surface area contributed by atoms with Gasteiger partial charge in [0.2, 0.25) is 0 Å². The van der Waals surface area contributed by atoms with Crippen molar-refractivity contribution >= 4 is 5.97 Å². The Morgan fingerprint density at radius 2 is 2.00 bits per heavy atom. The van der Waals surface area contributed by atoms with Gasteiger partial charge in [-0.1, -0.05) is 24.3 Å². The molecule has 0 aliphatic rings. The average Bonchev–Trinajstić information content (AvgIpc) is 2.03. The maximum Gasteiger partial charge on any atom is 1.00 e. The second-order valence-electron chi connectivity index (χ2n) is 2.80. The maximum atomic E-state index is 10.2. The molecule has 0 fully saturated rings. The number of hydrogen-bond acceptors (Lipinski definition) is 2. The van der Waals surface area contributed by atoms with Gasteiger partial charge in [-0.3, -0.25) is 0 Å². The van der Waals surface area contributed by atoms with E-state index >= 15 is 0 Å². The van der Waals surface area contributed by atoms with Crippen LogP contribution in [0.1, 0.15) is 17.5 Å². The summed E-state index contributed by atoms with van der Waals surface area (Å²) in [5, 5.41) is 10.2. The van der Waals surface area contributed by atoms with Crippen molar-refractivity contribution in [1.29, 1.82) is 0 Å². The summed E-state index contributed by atoms with van der Waals surface area (Å²) in [6.45, 7) is 1.98. The molecule has 2 nitrogen and oxygen atoms in total. The molecular formula is C10H11NaO2. The summed E-state index contributed by atoms with van der Waals surface area (Å²) in [5.41, 5.74) is 2.22. The summed E-state index contributed by atoms with van der Waals surface area (Å²) < 4.78 is 0. The van der Waals surface area contributed by atoms with Gasteiger partial charge in [0, 0.05) is 5.97 Å². The third-order valence-electron chi connectivity index (χ3n) is 1.86. The molecule has 0 spiro atoms. The summed E-state index contributed by atoms with van der Waals surface area (Å²) in [5.74, 6) is -0.988. The minimum atomic E-state index is -0.988. The normalized spacial score (nSPS) is 9.00. The van der Waals surface area contributed by atoms with Gasteiger partial charge in [-0.05, 0) is 30.9 Å². The first-order chi connectivity index (χ1) is 5.70. The summed E-state index contributed by atoms with van der Waals surface area (Å²) in [4.78, 5) is 10.2. The molecule has 0 heterocycles. The van der Waals surface area contributed by atoms with E-state index in [0.717, 1.165) is 11.1 Å². The standard InChI is InChI=1S/C10H12O2.Na/c1-8-4-2-3-5-9(8)6-7-10(11)12;/h2-5H,6-7H2,1H3,(H,11,12);/q;+1/p-1. The van der Waals surface area contributed by atoms with Crippen LogP contribution in [-0.2, 0) is 11.2 Å². The van der Waals surface area contributed by atoms with Gasteiger partial charge in [0.15, 0.2) is 0 Å². The van der Waals surface area contributed by atoms with Crippen molar-refractivity contribution < 1.29 is 39.5 Å². The quantitative estimate of drug-likeness (QED) is 0.497. The first-order valence-electron chi connectivity index (χ1n) is 3.94. The molecule has 0 aliphatic carbocycles. The number of aryl methyl sites for hydroxylation is 2. The van der Waals surface area contributed by atoms with Crippen molar-refractivity contribution in [3.63, 3.8) is 0 Å². The van der Waals surface area contributed by atoms with Crippen LogP contribution in [0.15, 0.2) is 24.3 Å². The molecule has 3 heteroatoms. The largest absolute Gasteiger partial charge is 1.00 e. The van der Waals surface area contributed by atoms with E-state index in [1.165, 1.54) is 0 Å². The number of carbonyl (C=O) groups excluding carboxylic acids is 1. The van der Waals surface area contributed by atoms with E-state index in [2.05, 4.69) is 0 Å². The van der Waals surface area contributed by atoms with Crippen molar-refractivity contribution in [2.75, 3.05) is 0 Å². The molecule has 0 N–H and O–H groups in total. The Hall–Kier alpha value is -0.310. The Labute approximate surface area is 100 Å². The number of aliphatic carboxylic acids is 1. The molecule has 0 saturated carbocycles. The minimum absolute atomic E-state index is 0. The Balaban J connectivity index is 0.00000144. The molecule has 13 heavy (non-hydrogen) atoms. The van der Waals surface area contributed by atoms with Gasteiger partial charge in [-0.2, -0.15) is 0 Å². The molecule has 0 unspecified atom stereocenters. The fraction of sp³-hybridized carbons (Fsp3) is 0.300. The average molecular weight is 186 g/mol.